The first kappa shape index (κ1) is 28.5. The second kappa shape index (κ2) is 12.4. The molecule has 1 amide bonds. The smallest absolute Gasteiger partial charge is 0.396 e. The molecule has 0 bridgehead atoms. The minimum atomic E-state index is -1.39. The van der Waals surface area contributed by atoms with Gasteiger partial charge in [-0.05, 0) is 0 Å². The minimum absolute atomic E-state index is 0. The standard InChI is InChI=1S/C13H15N5O7.3Y/c1-14-11(22)13(23)24-2-5-7(19)8(20)12(25-5)18-4-17-6-9(18)15-3-16-10(6)21;;;/h3-5,7-8,12,19-20H,2H2,1H3,(H,14,22)(H,15,16,21);;;/t5-,7+,8?,12-;;;/m1.../s1. The first-order valence-electron chi connectivity index (χ1n) is 7.24. The third-order valence-corrected chi connectivity index (χ3v) is 3.77. The first-order chi connectivity index (χ1) is 11.9. The third kappa shape index (κ3) is 5.79. The molecule has 4 N–H and O–H groups in total. The number of carbonyl (C=O) groups is 2. The van der Waals surface area contributed by atoms with Crippen molar-refractivity contribution in [2.45, 2.75) is 24.5 Å². The molecular weight excluding hydrogens is 605 g/mol. The van der Waals surface area contributed by atoms with Gasteiger partial charge in [-0.15, -0.1) is 0 Å². The molecule has 2 aromatic rings. The van der Waals surface area contributed by atoms with Gasteiger partial charge in [0.2, 0.25) is 0 Å². The number of rotatable bonds is 3. The summed E-state index contributed by atoms with van der Waals surface area (Å²) in [6.07, 6.45) is -2.54. The number of nitrogens with zero attached hydrogens (tertiary/aromatic N) is 3. The second-order valence-electron chi connectivity index (χ2n) is 5.28. The summed E-state index contributed by atoms with van der Waals surface area (Å²) in [5.74, 6) is -2.09. The molecule has 2 aromatic heterocycles. The van der Waals surface area contributed by atoms with Crippen LogP contribution in [0.5, 0.6) is 0 Å². The molecule has 0 aliphatic carbocycles. The fourth-order valence-electron chi connectivity index (χ4n) is 2.47. The minimum Gasteiger partial charge on any atom is -0.456 e. The van der Waals surface area contributed by atoms with E-state index in [1.165, 1.54) is 24.3 Å². The van der Waals surface area contributed by atoms with E-state index in [1.54, 1.807) is 0 Å². The molecule has 3 rings (SSSR count). The summed E-state index contributed by atoms with van der Waals surface area (Å²) in [6, 6.07) is 0. The quantitative estimate of drug-likeness (QED) is 0.207. The number of hydrogen-bond donors (Lipinski definition) is 4. The monoisotopic (exact) mass is 620 g/mol. The number of H-pyrrole nitrogens is 1. The molecule has 0 spiro atoms. The van der Waals surface area contributed by atoms with Crippen LogP contribution in [-0.2, 0) is 117 Å². The number of fused-ring (bicyclic) bond motifs is 1. The molecule has 4 atom stereocenters. The van der Waals surface area contributed by atoms with Crippen molar-refractivity contribution in [3.8, 4) is 0 Å². The average molecular weight is 620 g/mol. The Kier molecular flexibility index (Phi) is 12.6. The zero-order chi connectivity index (χ0) is 18.1. The fraction of sp³-hybridized carbons (Fsp3) is 0.462. The number of carbonyl (C=O) groups excluding carboxylic acids is 2. The van der Waals surface area contributed by atoms with Crippen LogP contribution in [0.25, 0.3) is 11.2 Å². The third-order valence-electron chi connectivity index (χ3n) is 3.77. The van der Waals surface area contributed by atoms with Crippen LogP contribution < -0.4 is 10.9 Å². The predicted octanol–water partition coefficient (Wildman–Crippen LogP) is -2.98. The van der Waals surface area contributed by atoms with Crippen LogP contribution >= 0.6 is 0 Å². The van der Waals surface area contributed by atoms with Crippen molar-refractivity contribution in [2.24, 2.45) is 0 Å². The molecule has 1 fully saturated rings. The van der Waals surface area contributed by atoms with E-state index in [4.69, 9.17) is 9.47 Å². The number of ether oxygens (including phenoxy) is 2. The Labute approximate surface area is 233 Å². The Morgan fingerprint density at radius 2 is 1.96 bits per heavy atom. The Morgan fingerprint density at radius 1 is 1.29 bits per heavy atom. The molecule has 1 aliphatic heterocycles. The van der Waals surface area contributed by atoms with Gasteiger partial charge in [0, 0.05) is 105 Å². The molecule has 12 nitrogen and oxygen atoms in total. The summed E-state index contributed by atoms with van der Waals surface area (Å²) < 4.78 is 11.5. The van der Waals surface area contributed by atoms with E-state index in [1.807, 2.05) is 0 Å². The van der Waals surface area contributed by atoms with Crippen molar-refractivity contribution in [3.63, 3.8) is 0 Å². The Bertz CT molecular complexity index is 876. The second-order valence-corrected chi connectivity index (χ2v) is 5.28. The summed E-state index contributed by atoms with van der Waals surface area (Å²) >= 11 is 0. The molecule has 1 aliphatic rings. The maximum Gasteiger partial charge on any atom is 0.396 e. The van der Waals surface area contributed by atoms with Crippen molar-refractivity contribution in [1.82, 2.24) is 24.8 Å². The largest absolute Gasteiger partial charge is 0.456 e. The van der Waals surface area contributed by atoms with E-state index in [-0.39, 0.29) is 109 Å². The molecule has 1 saturated heterocycles. The molecule has 0 aromatic carbocycles. The summed E-state index contributed by atoms with van der Waals surface area (Å²) in [5, 5.41) is 22.4. The van der Waals surface area contributed by atoms with Gasteiger partial charge in [0.1, 0.15) is 24.9 Å². The van der Waals surface area contributed by atoms with Gasteiger partial charge in [-0.3, -0.25) is 14.2 Å². The van der Waals surface area contributed by atoms with Gasteiger partial charge in [0.15, 0.2) is 17.4 Å². The number of likely N-dealkylation sites (N-methyl/N-ethyl adjacent to an activating group) is 1. The Hall–Kier alpha value is 0.482. The average Bonchev–Trinajstić information content (AvgIpc) is 3.15. The topological polar surface area (TPSA) is 169 Å². The van der Waals surface area contributed by atoms with Crippen LogP contribution in [0.2, 0.25) is 0 Å². The molecule has 1 unspecified atom stereocenters. The van der Waals surface area contributed by atoms with Gasteiger partial charge in [-0.25, -0.2) is 14.8 Å². The van der Waals surface area contributed by atoms with E-state index >= 15 is 0 Å². The number of aromatic amines is 1. The number of amides is 1. The molecule has 15 heteroatoms. The molecule has 3 heterocycles. The van der Waals surface area contributed by atoms with Crippen LogP contribution in [0, 0.1) is 0 Å². The normalized spacial score (nSPS) is 23.1. The van der Waals surface area contributed by atoms with E-state index in [9.17, 15) is 24.6 Å². The number of esters is 1. The SMILES string of the molecule is CNC(=O)C(=O)OC[C@H]1O[C@@H](n2cnc3c(=O)[nH]cnc32)C(O)[C@H]1O.[Y].[Y].[Y]. The Morgan fingerprint density at radius 3 is 2.61 bits per heavy atom. The van der Waals surface area contributed by atoms with Gasteiger partial charge in [0.05, 0.1) is 12.7 Å². The van der Waals surface area contributed by atoms with Crippen molar-refractivity contribution < 1.29 is 127 Å². The van der Waals surface area contributed by atoms with Gasteiger partial charge in [-0.1, -0.05) is 0 Å². The Balaban J connectivity index is 0.00000243. The molecule has 0 saturated carbocycles. The van der Waals surface area contributed by atoms with Crippen molar-refractivity contribution >= 4 is 23.0 Å². The van der Waals surface area contributed by atoms with E-state index in [0.717, 1.165) is 0 Å². The van der Waals surface area contributed by atoms with Gasteiger partial charge in [-0.2, -0.15) is 0 Å². The summed E-state index contributed by atoms with van der Waals surface area (Å²) in [5.41, 5.74) is -0.266. The maximum atomic E-state index is 11.7. The van der Waals surface area contributed by atoms with Crippen LogP contribution in [0.15, 0.2) is 17.4 Å². The number of aliphatic hydroxyl groups is 2. The molecule has 3 radical (unpaired) electrons. The van der Waals surface area contributed by atoms with E-state index < -0.39 is 48.6 Å². The van der Waals surface area contributed by atoms with E-state index in [0.29, 0.717) is 0 Å². The number of aliphatic hydroxyl groups excluding tert-OH is 2. The maximum absolute atomic E-state index is 11.7. The number of hydrogen-bond acceptors (Lipinski definition) is 9. The predicted molar refractivity (Wildman–Crippen MR) is 79.1 cm³/mol. The summed E-state index contributed by atoms with van der Waals surface area (Å²) in [7, 11) is 1.27. The van der Waals surface area contributed by atoms with Crippen LogP contribution in [0.1, 0.15) is 6.23 Å². The van der Waals surface area contributed by atoms with Crippen LogP contribution in [-0.4, -0.2) is 73.6 Å². The van der Waals surface area contributed by atoms with Crippen molar-refractivity contribution in [2.75, 3.05) is 13.7 Å². The molecule has 28 heavy (non-hydrogen) atoms. The van der Waals surface area contributed by atoms with Crippen LogP contribution in [0.3, 0.4) is 0 Å². The summed E-state index contributed by atoms with van der Waals surface area (Å²) in [4.78, 5) is 44.4. The van der Waals surface area contributed by atoms with E-state index in [2.05, 4.69) is 20.3 Å². The fourth-order valence-corrected chi connectivity index (χ4v) is 2.47. The first-order valence-corrected chi connectivity index (χ1v) is 7.24. The zero-order valence-corrected chi connectivity index (χ0v) is 23.2. The summed E-state index contributed by atoms with van der Waals surface area (Å²) in [6.45, 7) is -0.443. The zero-order valence-electron chi connectivity index (χ0n) is 14.7. The molecular formula is C13H15N5O7Y3. The van der Waals surface area contributed by atoms with Crippen molar-refractivity contribution in [1.29, 1.82) is 0 Å². The number of aromatic nitrogens is 4. The number of nitrogens with one attached hydrogen (secondary N) is 2. The van der Waals surface area contributed by atoms with Gasteiger partial charge < -0.3 is 30.0 Å². The molecule has 143 valence electrons. The van der Waals surface area contributed by atoms with Crippen molar-refractivity contribution in [3.05, 3.63) is 23.0 Å². The number of imidazole rings is 1. The van der Waals surface area contributed by atoms with Gasteiger partial charge >= 0.3 is 11.9 Å². The van der Waals surface area contributed by atoms with Crippen LogP contribution in [0.4, 0.5) is 0 Å². The van der Waals surface area contributed by atoms with Gasteiger partial charge in [0.25, 0.3) is 5.56 Å².